The summed E-state index contributed by atoms with van der Waals surface area (Å²) in [4.78, 5) is 39.5. The van der Waals surface area contributed by atoms with Crippen LogP contribution in [0.1, 0.15) is 92.2 Å². The summed E-state index contributed by atoms with van der Waals surface area (Å²) in [5.41, 5.74) is 4.17. The van der Waals surface area contributed by atoms with E-state index in [-0.39, 0.29) is 31.0 Å². The number of hydrogen-bond donors (Lipinski definition) is 0. The fraction of sp³-hybridized carbons (Fsp3) is 0.515. The molecule has 0 spiro atoms. The molecule has 1 aliphatic carbocycles. The standard InChI is InChI=1S/C33H40FN5O4/c1-6-25-27(12-7-20(2)35-25)42-19-29(40)39-14-13-26-31(30(39)23-11-10-22(17-24(23)34)21-8-9-21)38-16-15-37(18-28(38)36-26)32(41)43-33(3,4)5/h7,10-12,17,21,30H,6,8-9,13-16,18-19H2,1-5H3. The number of carbonyl (C=O) groups is 2. The molecule has 3 aromatic rings. The number of ether oxygens (including phenoxy) is 2. The Morgan fingerprint density at radius 3 is 2.56 bits per heavy atom. The SMILES string of the molecule is CCc1nc(C)ccc1OCC(=O)N1CCc2nc3n(c2C1c1ccc(C2CC2)cc1F)CCN(C(=O)OC(C)(C)C)C3. The third-order valence-electron chi connectivity index (χ3n) is 8.35. The molecular weight excluding hydrogens is 549 g/mol. The van der Waals surface area contributed by atoms with Crippen LogP contribution in [0.3, 0.4) is 0 Å². The number of fused-ring (bicyclic) bond motifs is 3. The fourth-order valence-electron chi connectivity index (χ4n) is 6.11. The van der Waals surface area contributed by atoms with Gasteiger partial charge < -0.3 is 18.9 Å². The van der Waals surface area contributed by atoms with E-state index in [1.807, 2.05) is 58.9 Å². The lowest BCUT2D eigenvalue weighted by atomic mass is 9.93. The molecule has 1 saturated carbocycles. The first-order valence-corrected chi connectivity index (χ1v) is 15.3. The van der Waals surface area contributed by atoms with Gasteiger partial charge in [-0.15, -0.1) is 0 Å². The molecule has 1 aromatic carbocycles. The Hall–Kier alpha value is -3.95. The highest BCUT2D eigenvalue weighted by Crippen LogP contribution is 2.43. The van der Waals surface area contributed by atoms with E-state index in [1.165, 1.54) is 0 Å². The van der Waals surface area contributed by atoms with E-state index < -0.39 is 11.6 Å². The number of pyridine rings is 1. The van der Waals surface area contributed by atoms with Crippen LogP contribution in [0.25, 0.3) is 0 Å². The minimum atomic E-state index is -0.663. The highest BCUT2D eigenvalue weighted by atomic mass is 19.1. The van der Waals surface area contributed by atoms with Crippen LogP contribution in [-0.4, -0.2) is 61.6 Å². The minimum Gasteiger partial charge on any atom is -0.482 e. The molecule has 10 heteroatoms. The van der Waals surface area contributed by atoms with Crippen LogP contribution >= 0.6 is 0 Å². The number of carbonyl (C=O) groups excluding carboxylic acids is 2. The van der Waals surface area contributed by atoms with Gasteiger partial charge in [0.05, 0.1) is 23.6 Å². The van der Waals surface area contributed by atoms with Crippen LogP contribution < -0.4 is 4.74 Å². The van der Waals surface area contributed by atoms with Crippen LogP contribution in [0.4, 0.5) is 9.18 Å². The Labute approximate surface area is 252 Å². The number of amides is 2. The first-order valence-electron chi connectivity index (χ1n) is 15.3. The maximum Gasteiger partial charge on any atom is 0.410 e. The van der Waals surface area contributed by atoms with Gasteiger partial charge in [-0.3, -0.25) is 14.7 Å². The summed E-state index contributed by atoms with van der Waals surface area (Å²) >= 11 is 0. The fourth-order valence-corrected chi connectivity index (χ4v) is 6.11. The van der Waals surface area contributed by atoms with E-state index in [1.54, 1.807) is 15.9 Å². The predicted octanol–water partition coefficient (Wildman–Crippen LogP) is 5.47. The summed E-state index contributed by atoms with van der Waals surface area (Å²) in [6, 6.07) is 8.50. The number of benzene rings is 1. The monoisotopic (exact) mass is 589 g/mol. The van der Waals surface area contributed by atoms with Gasteiger partial charge in [-0.25, -0.2) is 14.2 Å². The highest BCUT2D eigenvalue weighted by Gasteiger charge is 2.40. The van der Waals surface area contributed by atoms with Gasteiger partial charge in [-0.05, 0) is 76.6 Å². The van der Waals surface area contributed by atoms with Crippen molar-refractivity contribution in [1.82, 2.24) is 24.3 Å². The van der Waals surface area contributed by atoms with Crippen molar-refractivity contribution in [2.24, 2.45) is 0 Å². The maximum atomic E-state index is 15.9. The van der Waals surface area contributed by atoms with Gasteiger partial charge in [-0.1, -0.05) is 19.1 Å². The molecule has 9 nitrogen and oxygen atoms in total. The molecule has 0 N–H and O–H groups in total. The number of rotatable bonds is 6. The molecular formula is C33H40FN5O4. The Bertz CT molecular complexity index is 1560. The highest BCUT2D eigenvalue weighted by molar-refractivity contribution is 5.79. The van der Waals surface area contributed by atoms with Gasteiger partial charge in [0.1, 0.15) is 29.0 Å². The Kier molecular flexibility index (Phi) is 7.64. The van der Waals surface area contributed by atoms with E-state index in [4.69, 9.17) is 14.5 Å². The second-order valence-corrected chi connectivity index (χ2v) is 12.7. The van der Waals surface area contributed by atoms with Crippen molar-refractivity contribution in [3.8, 4) is 5.75 Å². The third kappa shape index (κ3) is 5.96. The zero-order valence-corrected chi connectivity index (χ0v) is 25.7. The van der Waals surface area contributed by atoms with E-state index >= 15 is 4.39 Å². The van der Waals surface area contributed by atoms with Crippen LogP contribution in [0.2, 0.25) is 0 Å². The average Bonchev–Trinajstić information content (AvgIpc) is 3.75. The molecule has 1 unspecified atom stereocenters. The molecule has 2 aliphatic heterocycles. The number of nitrogens with zero attached hydrogens (tertiary/aromatic N) is 5. The van der Waals surface area contributed by atoms with Gasteiger partial charge in [-0.2, -0.15) is 0 Å². The number of aryl methyl sites for hydroxylation is 2. The summed E-state index contributed by atoms with van der Waals surface area (Å²) in [6.07, 6.45) is 2.97. The van der Waals surface area contributed by atoms with Crippen molar-refractivity contribution >= 4 is 12.0 Å². The molecule has 1 atom stereocenters. The summed E-state index contributed by atoms with van der Waals surface area (Å²) in [5.74, 6) is 1.16. The normalized spacial score (nSPS) is 18.2. The van der Waals surface area contributed by atoms with Gasteiger partial charge in [0.15, 0.2) is 6.61 Å². The van der Waals surface area contributed by atoms with E-state index in [9.17, 15) is 9.59 Å². The minimum absolute atomic E-state index is 0.182. The molecule has 228 valence electrons. The van der Waals surface area contributed by atoms with Gasteiger partial charge in [0, 0.05) is 37.3 Å². The van der Waals surface area contributed by atoms with E-state index in [0.29, 0.717) is 55.5 Å². The van der Waals surface area contributed by atoms with Crippen molar-refractivity contribution in [2.75, 3.05) is 19.7 Å². The second-order valence-electron chi connectivity index (χ2n) is 12.7. The maximum absolute atomic E-state index is 15.9. The van der Waals surface area contributed by atoms with Crippen molar-refractivity contribution in [3.05, 3.63) is 75.9 Å². The summed E-state index contributed by atoms with van der Waals surface area (Å²) in [5, 5.41) is 0. The molecule has 6 rings (SSSR count). The van der Waals surface area contributed by atoms with E-state index in [0.717, 1.165) is 41.2 Å². The lowest BCUT2D eigenvalue weighted by Crippen LogP contribution is -2.45. The molecule has 43 heavy (non-hydrogen) atoms. The van der Waals surface area contributed by atoms with E-state index in [2.05, 4.69) is 9.55 Å². The Balaban J connectivity index is 1.32. The quantitative estimate of drug-likeness (QED) is 0.379. The number of imidazole rings is 1. The first-order chi connectivity index (χ1) is 20.5. The third-order valence-corrected chi connectivity index (χ3v) is 8.35. The van der Waals surface area contributed by atoms with Crippen molar-refractivity contribution < 1.29 is 23.5 Å². The zero-order chi connectivity index (χ0) is 30.5. The van der Waals surface area contributed by atoms with Crippen LogP contribution in [0.5, 0.6) is 5.75 Å². The lowest BCUT2D eigenvalue weighted by molar-refractivity contribution is -0.135. The smallest absolute Gasteiger partial charge is 0.410 e. The Morgan fingerprint density at radius 2 is 1.86 bits per heavy atom. The molecule has 1 fully saturated rings. The summed E-state index contributed by atoms with van der Waals surface area (Å²) in [6.45, 7) is 10.8. The molecule has 4 heterocycles. The topological polar surface area (TPSA) is 89.8 Å². The van der Waals surface area contributed by atoms with Crippen molar-refractivity contribution in [3.63, 3.8) is 0 Å². The van der Waals surface area contributed by atoms with Gasteiger partial charge in [0.2, 0.25) is 0 Å². The zero-order valence-electron chi connectivity index (χ0n) is 25.7. The largest absolute Gasteiger partial charge is 0.482 e. The average molecular weight is 590 g/mol. The molecule has 3 aliphatic rings. The van der Waals surface area contributed by atoms with Crippen molar-refractivity contribution in [1.29, 1.82) is 0 Å². The number of aromatic nitrogens is 3. The van der Waals surface area contributed by atoms with Crippen LogP contribution in [-0.2, 0) is 35.5 Å². The van der Waals surface area contributed by atoms with Gasteiger partial charge in [0.25, 0.3) is 5.91 Å². The summed E-state index contributed by atoms with van der Waals surface area (Å²) < 4.78 is 29.6. The Morgan fingerprint density at radius 1 is 1.07 bits per heavy atom. The van der Waals surface area contributed by atoms with Crippen LogP contribution in [0, 0.1) is 12.7 Å². The van der Waals surface area contributed by atoms with Crippen LogP contribution in [0.15, 0.2) is 30.3 Å². The lowest BCUT2D eigenvalue weighted by Gasteiger charge is -2.38. The molecule has 2 amide bonds. The molecule has 0 radical (unpaired) electrons. The second kappa shape index (κ2) is 11.3. The van der Waals surface area contributed by atoms with Gasteiger partial charge >= 0.3 is 6.09 Å². The first kappa shape index (κ1) is 29.1. The molecule has 2 aromatic heterocycles. The number of hydrogen-bond acceptors (Lipinski definition) is 6. The molecule has 0 saturated heterocycles. The number of halogens is 1. The summed E-state index contributed by atoms with van der Waals surface area (Å²) in [7, 11) is 0. The predicted molar refractivity (Wildman–Crippen MR) is 158 cm³/mol. The van der Waals surface area contributed by atoms with Crippen molar-refractivity contribution in [2.45, 2.75) is 91.0 Å². The molecule has 0 bridgehead atoms.